The lowest BCUT2D eigenvalue weighted by atomic mass is 10.0. The van der Waals surface area contributed by atoms with Gasteiger partial charge in [-0.1, -0.05) is 11.2 Å². The number of carbonyl (C=O) groups is 2. The third kappa shape index (κ3) is 4.87. The van der Waals surface area contributed by atoms with E-state index in [1.165, 1.54) is 0 Å². The fourth-order valence-electron chi connectivity index (χ4n) is 4.04. The van der Waals surface area contributed by atoms with Gasteiger partial charge in [-0.15, -0.1) is 0 Å². The van der Waals surface area contributed by atoms with E-state index in [9.17, 15) is 18.4 Å². The lowest BCUT2D eigenvalue weighted by Crippen LogP contribution is -2.51. The monoisotopic (exact) mass is 434 g/mol. The summed E-state index contributed by atoms with van der Waals surface area (Å²) in [6, 6.07) is 4.25. The fourth-order valence-corrected chi connectivity index (χ4v) is 4.04. The third-order valence-electron chi connectivity index (χ3n) is 5.57. The van der Waals surface area contributed by atoms with Gasteiger partial charge in [0, 0.05) is 44.6 Å². The van der Waals surface area contributed by atoms with E-state index in [-0.39, 0.29) is 37.2 Å². The number of piperidine rings is 1. The normalized spacial score (nSPS) is 22.0. The minimum atomic E-state index is -2.92. The molecule has 2 fully saturated rings. The van der Waals surface area contributed by atoms with Gasteiger partial charge in [0.2, 0.25) is 23.5 Å². The topological polar surface area (TPSA) is 118 Å². The number of nitrogens with zero attached hydrogens (tertiary/aromatic N) is 5. The summed E-state index contributed by atoms with van der Waals surface area (Å²) in [5, 5.41) is 3.96. The average molecular weight is 434 g/mol. The van der Waals surface area contributed by atoms with Crippen LogP contribution in [0.2, 0.25) is 0 Å². The van der Waals surface area contributed by atoms with Crippen molar-refractivity contribution >= 4 is 11.8 Å². The Kier molecular flexibility index (Phi) is 5.94. The highest BCUT2D eigenvalue weighted by atomic mass is 19.3. The van der Waals surface area contributed by atoms with Crippen LogP contribution in [0.25, 0.3) is 11.5 Å². The summed E-state index contributed by atoms with van der Waals surface area (Å²) in [6.07, 6.45) is 2.34. The molecule has 2 amide bonds. The van der Waals surface area contributed by atoms with Crippen LogP contribution in [-0.2, 0) is 9.59 Å². The van der Waals surface area contributed by atoms with Crippen LogP contribution in [0.5, 0.6) is 0 Å². The van der Waals surface area contributed by atoms with Crippen LogP contribution in [0, 0.1) is 0 Å². The Bertz CT molecular complexity index is 938. The summed E-state index contributed by atoms with van der Waals surface area (Å²) in [6.45, 7) is -0.223. The van der Waals surface area contributed by atoms with E-state index in [4.69, 9.17) is 10.3 Å². The molecule has 2 aromatic rings. The van der Waals surface area contributed by atoms with Crippen molar-refractivity contribution in [2.45, 2.75) is 50.1 Å². The van der Waals surface area contributed by atoms with Gasteiger partial charge in [-0.3, -0.25) is 14.6 Å². The predicted octanol–water partition coefficient (Wildman–Crippen LogP) is 1.77. The van der Waals surface area contributed by atoms with Gasteiger partial charge < -0.3 is 20.1 Å². The van der Waals surface area contributed by atoms with Crippen molar-refractivity contribution in [3.05, 3.63) is 30.3 Å². The summed E-state index contributed by atoms with van der Waals surface area (Å²) < 4.78 is 32.6. The lowest BCUT2D eigenvalue weighted by molar-refractivity contribution is -0.148. The van der Waals surface area contributed by atoms with E-state index < -0.39 is 24.9 Å². The highest BCUT2D eigenvalue weighted by molar-refractivity contribution is 5.79. The minimum Gasteiger partial charge on any atom is -0.337 e. The fraction of sp³-hybridized carbons (Fsp3) is 0.550. The van der Waals surface area contributed by atoms with Crippen molar-refractivity contribution in [3.63, 3.8) is 0 Å². The van der Waals surface area contributed by atoms with E-state index >= 15 is 0 Å². The zero-order chi connectivity index (χ0) is 22.0. The van der Waals surface area contributed by atoms with Gasteiger partial charge in [0.1, 0.15) is 11.7 Å². The zero-order valence-corrected chi connectivity index (χ0v) is 16.9. The van der Waals surface area contributed by atoms with Crippen LogP contribution >= 0.6 is 0 Å². The molecule has 2 saturated heterocycles. The highest BCUT2D eigenvalue weighted by Gasteiger charge is 2.40. The molecular formula is C20H24F2N6O3. The van der Waals surface area contributed by atoms with Crippen molar-refractivity contribution < 1.29 is 22.9 Å². The Labute approximate surface area is 177 Å². The van der Waals surface area contributed by atoms with Crippen LogP contribution in [0.3, 0.4) is 0 Å². The molecule has 0 unspecified atom stereocenters. The van der Waals surface area contributed by atoms with Gasteiger partial charge in [0.15, 0.2) is 0 Å². The summed E-state index contributed by atoms with van der Waals surface area (Å²) in [5.74, 6) is -2.84. The first-order valence-corrected chi connectivity index (χ1v) is 10.3. The number of halogens is 2. The smallest absolute Gasteiger partial charge is 0.265 e. The van der Waals surface area contributed by atoms with Gasteiger partial charge in [-0.05, 0) is 25.0 Å². The van der Waals surface area contributed by atoms with Crippen LogP contribution in [0.1, 0.15) is 44.0 Å². The molecular weight excluding hydrogens is 410 g/mol. The Morgan fingerprint density at radius 3 is 3.00 bits per heavy atom. The van der Waals surface area contributed by atoms with Crippen LogP contribution in [0.15, 0.2) is 28.9 Å². The average Bonchev–Trinajstić information content (AvgIpc) is 3.40. The molecule has 2 N–H and O–H groups in total. The van der Waals surface area contributed by atoms with E-state index in [0.717, 1.165) is 11.3 Å². The lowest BCUT2D eigenvalue weighted by Gasteiger charge is -2.34. The van der Waals surface area contributed by atoms with Gasteiger partial charge in [-0.25, -0.2) is 8.78 Å². The van der Waals surface area contributed by atoms with Crippen LogP contribution in [0.4, 0.5) is 8.78 Å². The molecule has 2 aliphatic rings. The SMILES string of the molecule is N[C@@H](CC(=O)N1CCC[C@H]1c1nc(-c2ccccn2)no1)CN1CC(F)(F)CCC1=O. The highest BCUT2D eigenvalue weighted by Crippen LogP contribution is 2.32. The van der Waals surface area contributed by atoms with Crippen LogP contribution < -0.4 is 5.73 Å². The summed E-state index contributed by atoms with van der Waals surface area (Å²) in [5.41, 5.74) is 6.61. The summed E-state index contributed by atoms with van der Waals surface area (Å²) in [7, 11) is 0. The standard InChI is InChI=1S/C20H24F2N6O3/c21-20(22)7-6-16(29)27(12-20)11-13(23)10-17(30)28-9-3-5-15(28)19-25-18(26-31-19)14-4-1-2-8-24-14/h1-2,4,8,13,15H,3,5-7,9-12,23H2/t13-,15-/m0/s1. The minimum absolute atomic E-state index is 0.0624. The molecule has 0 radical (unpaired) electrons. The second-order valence-corrected chi connectivity index (χ2v) is 8.01. The number of likely N-dealkylation sites (tertiary alicyclic amines) is 2. The number of amides is 2. The Balaban J connectivity index is 1.38. The molecule has 0 spiro atoms. The number of alkyl halides is 2. The van der Waals surface area contributed by atoms with E-state index in [0.29, 0.717) is 30.4 Å². The molecule has 0 aliphatic carbocycles. The van der Waals surface area contributed by atoms with E-state index in [1.807, 2.05) is 6.07 Å². The molecule has 2 aromatic heterocycles. The van der Waals surface area contributed by atoms with E-state index in [2.05, 4.69) is 15.1 Å². The summed E-state index contributed by atoms with van der Waals surface area (Å²) in [4.78, 5) is 36.0. The maximum Gasteiger partial charge on any atom is 0.265 e. The number of carbonyl (C=O) groups excluding carboxylic acids is 2. The van der Waals surface area contributed by atoms with Crippen molar-refractivity contribution in [2.24, 2.45) is 5.73 Å². The summed E-state index contributed by atoms with van der Waals surface area (Å²) >= 11 is 0. The third-order valence-corrected chi connectivity index (χ3v) is 5.57. The number of rotatable bonds is 6. The number of hydrogen-bond donors (Lipinski definition) is 1. The van der Waals surface area contributed by atoms with E-state index in [1.54, 1.807) is 23.2 Å². The largest absolute Gasteiger partial charge is 0.337 e. The second-order valence-electron chi connectivity index (χ2n) is 8.01. The Morgan fingerprint density at radius 1 is 1.39 bits per heavy atom. The molecule has 4 heterocycles. The molecule has 166 valence electrons. The number of pyridine rings is 1. The van der Waals surface area contributed by atoms with Crippen molar-refractivity contribution in [2.75, 3.05) is 19.6 Å². The molecule has 9 nitrogen and oxygen atoms in total. The second kappa shape index (κ2) is 8.66. The molecule has 0 aromatic carbocycles. The predicted molar refractivity (Wildman–Crippen MR) is 105 cm³/mol. The van der Waals surface area contributed by atoms with Crippen molar-refractivity contribution in [1.82, 2.24) is 24.9 Å². The molecule has 2 aliphatic heterocycles. The number of nitrogens with two attached hydrogens (primary N) is 1. The van der Waals surface area contributed by atoms with Crippen molar-refractivity contribution in [3.8, 4) is 11.5 Å². The molecule has 4 rings (SSSR count). The molecule has 31 heavy (non-hydrogen) atoms. The first kappa shape index (κ1) is 21.3. The Hall–Kier alpha value is -2.95. The van der Waals surface area contributed by atoms with Gasteiger partial charge in [0.25, 0.3) is 5.92 Å². The zero-order valence-electron chi connectivity index (χ0n) is 16.9. The Morgan fingerprint density at radius 2 is 2.23 bits per heavy atom. The first-order chi connectivity index (χ1) is 14.8. The van der Waals surface area contributed by atoms with Gasteiger partial charge in [-0.2, -0.15) is 4.98 Å². The quantitative estimate of drug-likeness (QED) is 0.736. The first-order valence-electron chi connectivity index (χ1n) is 10.3. The number of hydrogen-bond acceptors (Lipinski definition) is 7. The van der Waals surface area contributed by atoms with Gasteiger partial charge in [0.05, 0.1) is 6.54 Å². The number of aromatic nitrogens is 3. The van der Waals surface area contributed by atoms with Gasteiger partial charge >= 0.3 is 0 Å². The maximum absolute atomic E-state index is 13.6. The molecule has 2 atom stereocenters. The van der Waals surface area contributed by atoms with Crippen molar-refractivity contribution in [1.29, 1.82) is 0 Å². The molecule has 0 bridgehead atoms. The van der Waals surface area contributed by atoms with Crippen LogP contribution in [-0.4, -0.2) is 68.3 Å². The molecule has 0 saturated carbocycles. The molecule has 11 heteroatoms. The maximum atomic E-state index is 13.6.